The Labute approximate surface area is 196 Å². The van der Waals surface area contributed by atoms with Gasteiger partial charge in [-0.15, -0.1) is 11.3 Å². The molecule has 2 heterocycles. The SMILES string of the molecule is Cc1ccc(-c2csc(NC(=O)CN3CCCN(C(=O)c4cccc(Cl)c4)CC3)n2)cc1. The minimum Gasteiger partial charge on any atom is -0.337 e. The number of thiazole rings is 1. The van der Waals surface area contributed by atoms with Gasteiger partial charge in [-0.2, -0.15) is 0 Å². The Morgan fingerprint density at radius 3 is 2.69 bits per heavy atom. The highest BCUT2D eigenvalue weighted by Crippen LogP contribution is 2.25. The van der Waals surface area contributed by atoms with Crippen LogP contribution in [0.15, 0.2) is 53.9 Å². The number of nitrogens with zero attached hydrogens (tertiary/aromatic N) is 3. The zero-order valence-corrected chi connectivity index (χ0v) is 19.5. The lowest BCUT2D eigenvalue weighted by atomic mass is 10.1. The lowest BCUT2D eigenvalue weighted by Crippen LogP contribution is -2.38. The Balaban J connectivity index is 1.30. The molecule has 2 aromatic carbocycles. The van der Waals surface area contributed by atoms with Crippen molar-refractivity contribution >= 4 is 39.9 Å². The summed E-state index contributed by atoms with van der Waals surface area (Å²) in [6.45, 7) is 4.97. The van der Waals surface area contributed by atoms with Gasteiger partial charge in [-0.25, -0.2) is 4.98 Å². The smallest absolute Gasteiger partial charge is 0.253 e. The number of hydrogen-bond donors (Lipinski definition) is 1. The monoisotopic (exact) mass is 468 g/mol. The molecule has 1 aliphatic heterocycles. The van der Waals surface area contributed by atoms with Crippen molar-refractivity contribution in [1.82, 2.24) is 14.8 Å². The quantitative estimate of drug-likeness (QED) is 0.596. The van der Waals surface area contributed by atoms with Gasteiger partial charge in [0.15, 0.2) is 5.13 Å². The maximum atomic E-state index is 12.8. The molecule has 0 spiro atoms. The molecule has 1 fully saturated rings. The Bertz CT molecular complexity index is 1100. The highest BCUT2D eigenvalue weighted by Gasteiger charge is 2.22. The summed E-state index contributed by atoms with van der Waals surface area (Å²) in [5, 5.41) is 6.01. The van der Waals surface area contributed by atoms with Gasteiger partial charge in [0.1, 0.15) is 0 Å². The Morgan fingerprint density at radius 2 is 1.91 bits per heavy atom. The third-order valence-electron chi connectivity index (χ3n) is 5.41. The number of hydrogen-bond acceptors (Lipinski definition) is 5. The second-order valence-corrected chi connectivity index (χ2v) is 9.18. The number of rotatable bonds is 5. The van der Waals surface area contributed by atoms with Crippen LogP contribution in [-0.2, 0) is 4.79 Å². The van der Waals surface area contributed by atoms with Crippen molar-refractivity contribution in [3.8, 4) is 11.3 Å². The standard InChI is InChI=1S/C24H25ClN4O2S/c1-17-6-8-18(9-7-17)21-16-32-24(26-21)27-22(30)15-28-10-3-11-29(13-12-28)23(31)19-4-2-5-20(25)14-19/h2,4-9,14,16H,3,10-13,15H2,1H3,(H,26,27,30). The second-order valence-electron chi connectivity index (χ2n) is 7.88. The van der Waals surface area contributed by atoms with Gasteiger partial charge in [0.2, 0.25) is 5.91 Å². The fourth-order valence-electron chi connectivity index (χ4n) is 3.69. The van der Waals surface area contributed by atoms with Crippen molar-refractivity contribution in [3.05, 3.63) is 70.1 Å². The predicted molar refractivity (Wildman–Crippen MR) is 129 cm³/mol. The number of nitrogens with one attached hydrogen (secondary N) is 1. The molecular formula is C24H25ClN4O2S. The molecule has 0 atom stereocenters. The summed E-state index contributed by atoms with van der Waals surface area (Å²) in [4.78, 5) is 33.8. The van der Waals surface area contributed by atoms with Crippen LogP contribution in [0.25, 0.3) is 11.3 Å². The van der Waals surface area contributed by atoms with Gasteiger partial charge >= 0.3 is 0 Å². The molecule has 166 valence electrons. The average Bonchev–Trinajstić information content (AvgIpc) is 3.11. The molecule has 0 unspecified atom stereocenters. The van der Waals surface area contributed by atoms with Gasteiger partial charge < -0.3 is 10.2 Å². The summed E-state index contributed by atoms with van der Waals surface area (Å²) in [6, 6.07) is 15.2. The van der Waals surface area contributed by atoms with E-state index in [0.29, 0.717) is 35.4 Å². The topological polar surface area (TPSA) is 65.5 Å². The first-order valence-electron chi connectivity index (χ1n) is 10.6. The van der Waals surface area contributed by atoms with Crippen LogP contribution in [0.5, 0.6) is 0 Å². The van der Waals surface area contributed by atoms with Crippen molar-refractivity contribution in [1.29, 1.82) is 0 Å². The van der Waals surface area contributed by atoms with E-state index >= 15 is 0 Å². The molecule has 0 radical (unpaired) electrons. The largest absolute Gasteiger partial charge is 0.337 e. The number of carbonyl (C=O) groups excluding carboxylic acids is 2. The maximum absolute atomic E-state index is 12.8. The molecule has 0 aliphatic carbocycles. The van der Waals surface area contributed by atoms with Crippen LogP contribution in [0, 0.1) is 6.92 Å². The number of aryl methyl sites for hydroxylation is 1. The lowest BCUT2D eigenvalue weighted by Gasteiger charge is -2.21. The highest BCUT2D eigenvalue weighted by molar-refractivity contribution is 7.14. The normalized spacial score (nSPS) is 14.8. The molecule has 1 N–H and O–H groups in total. The number of benzene rings is 2. The van der Waals surface area contributed by atoms with Crippen LogP contribution < -0.4 is 5.32 Å². The van der Waals surface area contributed by atoms with Crippen molar-refractivity contribution in [2.75, 3.05) is 38.0 Å². The van der Waals surface area contributed by atoms with Crippen molar-refractivity contribution in [2.24, 2.45) is 0 Å². The van der Waals surface area contributed by atoms with Gasteiger partial charge in [-0.05, 0) is 31.5 Å². The maximum Gasteiger partial charge on any atom is 0.253 e. The van der Waals surface area contributed by atoms with Crippen LogP contribution in [0.4, 0.5) is 5.13 Å². The fourth-order valence-corrected chi connectivity index (χ4v) is 4.61. The predicted octanol–water partition coefficient (Wildman–Crippen LogP) is 4.56. The lowest BCUT2D eigenvalue weighted by molar-refractivity contribution is -0.117. The number of anilines is 1. The number of halogens is 1. The number of aromatic nitrogens is 1. The molecule has 0 saturated carbocycles. The van der Waals surface area contributed by atoms with Gasteiger partial charge in [0, 0.05) is 47.7 Å². The molecule has 8 heteroatoms. The molecule has 32 heavy (non-hydrogen) atoms. The van der Waals surface area contributed by atoms with Crippen molar-refractivity contribution < 1.29 is 9.59 Å². The van der Waals surface area contributed by atoms with Crippen LogP contribution >= 0.6 is 22.9 Å². The first kappa shape index (κ1) is 22.5. The molecule has 6 nitrogen and oxygen atoms in total. The highest BCUT2D eigenvalue weighted by atomic mass is 35.5. The van der Waals surface area contributed by atoms with Gasteiger partial charge in [-0.3, -0.25) is 14.5 Å². The molecule has 1 aliphatic rings. The summed E-state index contributed by atoms with van der Waals surface area (Å²) in [5.41, 5.74) is 3.68. The van der Waals surface area contributed by atoms with Crippen LogP contribution in [-0.4, -0.2) is 59.3 Å². The second kappa shape index (κ2) is 10.3. The van der Waals surface area contributed by atoms with E-state index in [0.717, 1.165) is 24.2 Å². The first-order valence-corrected chi connectivity index (χ1v) is 11.8. The van der Waals surface area contributed by atoms with E-state index in [4.69, 9.17) is 11.6 Å². The van der Waals surface area contributed by atoms with Crippen LogP contribution in [0.2, 0.25) is 5.02 Å². The van der Waals surface area contributed by atoms with E-state index in [9.17, 15) is 9.59 Å². The van der Waals surface area contributed by atoms with E-state index < -0.39 is 0 Å². The Hall–Kier alpha value is -2.74. The van der Waals surface area contributed by atoms with Crippen LogP contribution in [0.3, 0.4) is 0 Å². The molecule has 2 amide bonds. The molecular weight excluding hydrogens is 444 g/mol. The Kier molecular flexibility index (Phi) is 7.19. The average molecular weight is 469 g/mol. The van der Waals surface area contributed by atoms with E-state index in [-0.39, 0.29) is 18.4 Å². The van der Waals surface area contributed by atoms with Gasteiger partial charge in [-0.1, -0.05) is 47.5 Å². The summed E-state index contributed by atoms with van der Waals surface area (Å²) in [7, 11) is 0. The summed E-state index contributed by atoms with van der Waals surface area (Å²) >= 11 is 7.44. The van der Waals surface area contributed by atoms with Crippen molar-refractivity contribution in [3.63, 3.8) is 0 Å². The molecule has 3 aromatic rings. The zero-order valence-electron chi connectivity index (χ0n) is 17.9. The summed E-state index contributed by atoms with van der Waals surface area (Å²) in [6.07, 6.45) is 0.814. The number of carbonyl (C=O) groups is 2. The molecule has 1 aromatic heterocycles. The minimum atomic E-state index is -0.0931. The first-order chi connectivity index (χ1) is 15.5. The number of amides is 2. The Morgan fingerprint density at radius 1 is 1.09 bits per heavy atom. The summed E-state index contributed by atoms with van der Waals surface area (Å²) in [5.74, 6) is -0.116. The third kappa shape index (κ3) is 5.73. The van der Waals surface area contributed by atoms with E-state index in [1.54, 1.807) is 24.3 Å². The molecule has 4 rings (SSSR count). The molecule has 1 saturated heterocycles. The summed E-state index contributed by atoms with van der Waals surface area (Å²) < 4.78 is 0. The molecule has 0 bridgehead atoms. The third-order valence-corrected chi connectivity index (χ3v) is 6.41. The van der Waals surface area contributed by atoms with Gasteiger partial charge in [0.25, 0.3) is 5.91 Å². The van der Waals surface area contributed by atoms with E-state index in [1.807, 2.05) is 41.5 Å². The van der Waals surface area contributed by atoms with E-state index in [1.165, 1.54) is 16.9 Å². The fraction of sp³-hybridized carbons (Fsp3) is 0.292. The zero-order chi connectivity index (χ0) is 22.5. The van der Waals surface area contributed by atoms with Gasteiger partial charge in [0.05, 0.1) is 12.2 Å². The minimum absolute atomic E-state index is 0.0229. The van der Waals surface area contributed by atoms with Crippen molar-refractivity contribution in [2.45, 2.75) is 13.3 Å². The van der Waals surface area contributed by atoms with Crippen LogP contribution in [0.1, 0.15) is 22.3 Å². The van der Waals surface area contributed by atoms with E-state index in [2.05, 4.69) is 15.2 Å².